The van der Waals surface area contributed by atoms with Crippen LogP contribution in [0.3, 0.4) is 0 Å². The molecule has 0 aliphatic carbocycles. The van der Waals surface area contributed by atoms with E-state index in [1.807, 2.05) is 0 Å². The van der Waals surface area contributed by atoms with Crippen LogP contribution in [0.25, 0.3) is 15.7 Å². The lowest BCUT2D eigenvalue weighted by atomic mass is 10.0. The van der Waals surface area contributed by atoms with Crippen LogP contribution in [0.4, 0.5) is 31.9 Å². The number of carbonyl (C=O) groups excluding carboxylic acids is 2. The van der Waals surface area contributed by atoms with E-state index in [1.165, 1.54) is 18.5 Å². The van der Waals surface area contributed by atoms with Gasteiger partial charge in [0.05, 0.1) is 29.8 Å². The molecule has 0 saturated heterocycles. The van der Waals surface area contributed by atoms with Gasteiger partial charge in [-0.1, -0.05) is 0 Å². The van der Waals surface area contributed by atoms with Gasteiger partial charge in [0, 0.05) is 31.0 Å². The Kier molecular flexibility index (Phi) is 7.65. The maximum absolute atomic E-state index is 14.9. The number of rotatable bonds is 8. The molecule has 0 atom stereocenters. The number of fused-ring (bicyclic) bond motifs is 2. The number of anilines is 3. The van der Waals surface area contributed by atoms with Crippen LogP contribution in [0.1, 0.15) is 12.0 Å². The molecule has 3 aromatic carbocycles. The van der Waals surface area contributed by atoms with Crippen LogP contribution in [0, 0.1) is 12.4 Å². The van der Waals surface area contributed by atoms with Crippen molar-refractivity contribution in [3.8, 4) is 17.4 Å². The largest absolute Gasteiger partial charge is 0.502 e. The predicted molar refractivity (Wildman–Crippen MR) is 146 cm³/mol. The first-order valence-corrected chi connectivity index (χ1v) is 12.2. The summed E-state index contributed by atoms with van der Waals surface area (Å²) in [6.07, 6.45) is 2.23. The lowest BCUT2D eigenvalue weighted by Crippen LogP contribution is -2.21. The van der Waals surface area contributed by atoms with Gasteiger partial charge in [0.2, 0.25) is 17.5 Å². The number of nitrogens with one attached hydrogen (secondary N) is 3. The Bertz CT molecular complexity index is 1650. The van der Waals surface area contributed by atoms with Gasteiger partial charge in [-0.3, -0.25) is 4.79 Å². The fraction of sp³-hybridized carbons (Fsp3) is 0.179. The Morgan fingerprint density at radius 3 is 2.77 bits per heavy atom. The van der Waals surface area contributed by atoms with E-state index < -0.39 is 11.8 Å². The van der Waals surface area contributed by atoms with Crippen molar-refractivity contribution in [2.24, 2.45) is 0 Å². The van der Waals surface area contributed by atoms with Crippen molar-refractivity contribution in [1.29, 1.82) is 0 Å². The molecule has 0 fully saturated rings. The molecule has 2 heterocycles. The maximum Gasteiger partial charge on any atom is 0.323 e. The zero-order chi connectivity index (χ0) is 28.1. The van der Waals surface area contributed by atoms with Crippen LogP contribution in [-0.4, -0.2) is 42.2 Å². The average Bonchev–Trinajstić information content (AvgIpc) is 2.94. The van der Waals surface area contributed by atoms with Gasteiger partial charge in [-0.15, -0.1) is 0 Å². The highest BCUT2D eigenvalue weighted by Crippen LogP contribution is 2.36. The molecule has 1 aliphatic heterocycles. The van der Waals surface area contributed by atoms with E-state index in [0.717, 1.165) is 11.6 Å². The molecule has 0 radical (unpaired) electrons. The fourth-order valence-corrected chi connectivity index (χ4v) is 4.09. The number of hydrogen-bond donors (Lipinski definition) is 3. The molecule has 202 valence electrons. The van der Waals surface area contributed by atoms with Crippen LogP contribution in [-0.2, 0) is 16.0 Å². The lowest BCUT2D eigenvalue weighted by molar-refractivity contribution is -0.116. The third kappa shape index (κ3) is 5.90. The minimum Gasteiger partial charge on any atom is -0.502 e. The van der Waals surface area contributed by atoms with E-state index in [2.05, 4.69) is 30.8 Å². The minimum atomic E-state index is -0.727. The van der Waals surface area contributed by atoms with Crippen LogP contribution in [0.5, 0.6) is 17.4 Å². The summed E-state index contributed by atoms with van der Waals surface area (Å²) in [5.74, 6) is -0.168. The summed E-state index contributed by atoms with van der Waals surface area (Å²) in [7, 11) is 1.55. The third-order valence-electron chi connectivity index (χ3n) is 6.01. The van der Waals surface area contributed by atoms with Crippen LogP contribution in [0.15, 0.2) is 54.9 Å². The Morgan fingerprint density at radius 1 is 1.10 bits per heavy atom. The number of methoxy groups -OCH3 is 1. The molecule has 1 aliphatic rings. The number of nitrogens with zero attached hydrogens (tertiary/aromatic N) is 3. The second kappa shape index (κ2) is 11.6. The number of carbonyl (C=O) groups is 2. The first-order valence-electron chi connectivity index (χ1n) is 12.2. The Balaban J connectivity index is 1.28. The first-order chi connectivity index (χ1) is 19.4. The van der Waals surface area contributed by atoms with Gasteiger partial charge in [-0.05, 0) is 54.4 Å². The molecule has 3 N–H and O–H groups in total. The van der Waals surface area contributed by atoms with Crippen molar-refractivity contribution in [3.63, 3.8) is 0 Å². The number of urea groups is 1. The number of amides is 3. The minimum absolute atomic E-state index is 0.0488. The Labute approximate surface area is 228 Å². The standard InChI is InChI=1S/C28H23FN6O5/c1-30-24-13-19-23(14-25(24)39-10-9-38-2)31-15-32-27(19)40-18-5-7-22(20(29)12-18)35-28(37)33-17-4-6-21-16(11-17)3-8-26(36)34-21/h4-7,11-15H,3,8-10H2,2H3,(H,34,36)(H2,33,35,37). The molecule has 11 nitrogen and oxygen atoms in total. The number of aromatic nitrogens is 2. The highest BCUT2D eigenvalue weighted by Gasteiger charge is 2.17. The van der Waals surface area contributed by atoms with Gasteiger partial charge >= 0.3 is 6.03 Å². The van der Waals surface area contributed by atoms with Crippen LogP contribution < -0.4 is 25.4 Å². The second-order valence-corrected chi connectivity index (χ2v) is 8.71. The predicted octanol–water partition coefficient (Wildman–Crippen LogP) is 5.67. The van der Waals surface area contributed by atoms with Crippen molar-refractivity contribution in [3.05, 3.63) is 77.7 Å². The normalized spacial score (nSPS) is 12.2. The summed E-state index contributed by atoms with van der Waals surface area (Å²) in [6.45, 7) is 8.12. The smallest absolute Gasteiger partial charge is 0.323 e. The monoisotopic (exact) mass is 542 g/mol. The van der Waals surface area contributed by atoms with E-state index in [-0.39, 0.29) is 35.5 Å². The summed E-state index contributed by atoms with van der Waals surface area (Å²) in [5.41, 5.74) is 2.78. The molecule has 0 unspecified atom stereocenters. The topological polar surface area (TPSA) is 128 Å². The van der Waals surface area contributed by atoms with Gasteiger partial charge in [0.25, 0.3) is 0 Å². The van der Waals surface area contributed by atoms with Crippen molar-refractivity contribution in [1.82, 2.24) is 9.97 Å². The molecular weight excluding hydrogens is 519 g/mol. The summed E-state index contributed by atoms with van der Waals surface area (Å²) in [6, 6.07) is 11.6. The Hall–Kier alpha value is -5.28. The molecule has 0 bridgehead atoms. The average molecular weight is 543 g/mol. The SMILES string of the molecule is [C-]#[N+]c1cc2c(Oc3ccc(NC(=O)Nc4ccc5c(c4)CCC(=O)N5)c(F)c3)ncnc2cc1OCCOC. The molecule has 0 saturated carbocycles. The van der Waals surface area contributed by atoms with Crippen molar-refractivity contribution >= 4 is 45.6 Å². The highest BCUT2D eigenvalue weighted by atomic mass is 19.1. The molecule has 3 amide bonds. The van der Waals surface area contributed by atoms with Gasteiger partial charge in [-0.25, -0.2) is 24.0 Å². The zero-order valence-corrected chi connectivity index (χ0v) is 21.3. The number of halogens is 1. The molecular formula is C28H23FN6O5. The van der Waals surface area contributed by atoms with E-state index in [4.69, 9.17) is 20.8 Å². The van der Waals surface area contributed by atoms with Crippen LogP contribution in [0.2, 0.25) is 0 Å². The van der Waals surface area contributed by atoms with Crippen LogP contribution >= 0.6 is 0 Å². The van der Waals surface area contributed by atoms with E-state index in [9.17, 15) is 14.0 Å². The second-order valence-electron chi connectivity index (χ2n) is 8.71. The molecule has 12 heteroatoms. The van der Waals surface area contributed by atoms with E-state index in [0.29, 0.717) is 47.5 Å². The maximum atomic E-state index is 14.9. The van der Waals surface area contributed by atoms with E-state index >= 15 is 0 Å². The highest BCUT2D eigenvalue weighted by molar-refractivity contribution is 6.00. The summed E-state index contributed by atoms with van der Waals surface area (Å²) in [5, 5.41) is 8.36. The molecule has 5 rings (SSSR count). The lowest BCUT2D eigenvalue weighted by Gasteiger charge is -2.18. The van der Waals surface area contributed by atoms with Gasteiger partial charge in [0.1, 0.15) is 30.3 Å². The molecule has 40 heavy (non-hydrogen) atoms. The van der Waals surface area contributed by atoms with Gasteiger partial charge < -0.3 is 30.2 Å². The zero-order valence-electron chi connectivity index (χ0n) is 21.3. The number of benzene rings is 3. The van der Waals surface area contributed by atoms with Crippen molar-refractivity contribution < 1.29 is 28.2 Å². The fourth-order valence-electron chi connectivity index (χ4n) is 4.09. The Morgan fingerprint density at radius 2 is 1.98 bits per heavy atom. The van der Waals surface area contributed by atoms with E-state index in [1.54, 1.807) is 37.4 Å². The third-order valence-corrected chi connectivity index (χ3v) is 6.01. The van der Waals surface area contributed by atoms with Gasteiger partial charge in [0.15, 0.2) is 0 Å². The quantitative estimate of drug-likeness (QED) is 0.193. The van der Waals surface area contributed by atoms with Gasteiger partial charge in [-0.2, -0.15) is 0 Å². The molecule has 4 aromatic rings. The van der Waals surface area contributed by atoms with Crippen molar-refractivity contribution in [2.45, 2.75) is 12.8 Å². The number of hydrogen-bond acceptors (Lipinski definition) is 7. The first kappa shape index (κ1) is 26.3. The summed E-state index contributed by atoms with van der Waals surface area (Å²) >= 11 is 0. The summed E-state index contributed by atoms with van der Waals surface area (Å²) in [4.78, 5) is 35.9. The molecule has 1 aromatic heterocycles. The number of aryl methyl sites for hydroxylation is 1. The summed E-state index contributed by atoms with van der Waals surface area (Å²) < 4.78 is 31.3. The molecule has 0 spiro atoms. The number of ether oxygens (including phenoxy) is 3. The van der Waals surface area contributed by atoms with Crippen molar-refractivity contribution in [2.75, 3.05) is 36.3 Å².